The maximum absolute atomic E-state index is 9.91. The lowest BCUT2D eigenvalue weighted by Crippen LogP contribution is -2.42. The largest absolute Gasteiger partial charge is 0.391 e. The highest BCUT2D eigenvalue weighted by Gasteiger charge is 2.24. The molecule has 1 saturated heterocycles. The lowest BCUT2D eigenvalue weighted by molar-refractivity contribution is 0.103. The Morgan fingerprint density at radius 3 is 2.89 bits per heavy atom. The molecule has 4 nitrogen and oxygen atoms in total. The van der Waals surface area contributed by atoms with Gasteiger partial charge in [-0.05, 0) is 30.9 Å². The summed E-state index contributed by atoms with van der Waals surface area (Å²) in [7, 11) is 0. The first-order chi connectivity index (χ1) is 8.61. The zero-order chi connectivity index (χ0) is 13.1. The minimum atomic E-state index is -0.240. The van der Waals surface area contributed by atoms with E-state index in [9.17, 15) is 5.11 Å². The van der Waals surface area contributed by atoms with Gasteiger partial charge in [0.05, 0.1) is 23.7 Å². The summed E-state index contributed by atoms with van der Waals surface area (Å²) in [6.45, 7) is 5.84. The van der Waals surface area contributed by atoms with Gasteiger partial charge in [-0.2, -0.15) is 0 Å². The summed E-state index contributed by atoms with van der Waals surface area (Å²) in [6.07, 6.45) is 3.55. The number of pyridine rings is 1. The van der Waals surface area contributed by atoms with Gasteiger partial charge in [0.25, 0.3) is 0 Å². The van der Waals surface area contributed by atoms with Gasteiger partial charge >= 0.3 is 0 Å². The number of aliphatic hydroxyl groups excluding tert-OH is 1. The number of β-amino-alcohol motifs (C(OH)–C–C–N with tert-alkyl or cyclic N) is 1. The molecule has 0 amide bonds. The smallest absolute Gasteiger partial charge is 0.0741 e. The molecule has 0 bridgehead atoms. The number of aliphatic hydroxyl groups is 1. The fourth-order valence-electron chi connectivity index (χ4n) is 2.30. The fourth-order valence-corrected chi connectivity index (χ4v) is 2.30. The van der Waals surface area contributed by atoms with Crippen molar-refractivity contribution in [1.29, 1.82) is 0 Å². The SMILES string of the molecule is CCC(N)c1ccc(N2CCC(C)C(O)C2)cn1. The lowest BCUT2D eigenvalue weighted by Gasteiger charge is -2.35. The second-order valence-corrected chi connectivity index (χ2v) is 5.24. The molecule has 0 radical (unpaired) electrons. The molecule has 0 spiro atoms. The Morgan fingerprint density at radius 2 is 2.33 bits per heavy atom. The summed E-state index contributed by atoms with van der Waals surface area (Å²) in [6, 6.07) is 4.07. The van der Waals surface area contributed by atoms with Crippen molar-refractivity contribution in [3.05, 3.63) is 24.0 Å². The van der Waals surface area contributed by atoms with Crippen molar-refractivity contribution in [2.24, 2.45) is 11.7 Å². The molecule has 0 aliphatic carbocycles. The van der Waals surface area contributed by atoms with Gasteiger partial charge in [-0.3, -0.25) is 4.98 Å². The van der Waals surface area contributed by atoms with E-state index >= 15 is 0 Å². The van der Waals surface area contributed by atoms with Crippen LogP contribution in [0.3, 0.4) is 0 Å². The summed E-state index contributed by atoms with van der Waals surface area (Å²) < 4.78 is 0. The minimum Gasteiger partial charge on any atom is -0.391 e. The van der Waals surface area contributed by atoms with E-state index in [4.69, 9.17) is 5.73 Å². The molecule has 1 aromatic rings. The van der Waals surface area contributed by atoms with Gasteiger partial charge in [-0.1, -0.05) is 13.8 Å². The first kappa shape index (κ1) is 13.3. The third-order valence-corrected chi connectivity index (χ3v) is 3.87. The predicted octanol–water partition coefficient (Wildman–Crippen LogP) is 1.70. The number of hydrogen-bond donors (Lipinski definition) is 2. The van der Waals surface area contributed by atoms with Crippen LogP contribution in [-0.2, 0) is 0 Å². The Morgan fingerprint density at radius 1 is 1.56 bits per heavy atom. The van der Waals surface area contributed by atoms with E-state index < -0.39 is 0 Å². The number of nitrogens with zero attached hydrogens (tertiary/aromatic N) is 2. The monoisotopic (exact) mass is 249 g/mol. The van der Waals surface area contributed by atoms with Crippen LogP contribution < -0.4 is 10.6 Å². The van der Waals surface area contributed by atoms with Crippen molar-refractivity contribution in [2.75, 3.05) is 18.0 Å². The molecule has 0 aromatic carbocycles. The molecule has 1 fully saturated rings. The van der Waals surface area contributed by atoms with Crippen molar-refractivity contribution in [2.45, 2.75) is 38.8 Å². The number of rotatable bonds is 3. The van der Waals surface area contributed by atoms with E-state index in [1.165, 1.54) is 0 Å². The van der Waals surface area contributed by atoms with Crippen LogP contribution in [0.15, 0.2) is 18.3 Å². The topological polar surface area (TPSA) is 62.4 Å². The molecule has 100 valence electrons. The zero-order valence-corrected chi connectivity index (χ0v) is 11.2. The average Bonchev–Trinajstić information content (AvgIpc) is 2.41. The molecule has 2 heterocycles. The molecule has 1 aliphatic rings. The number of nitrogens with two attached hydrogens (primary N) is 1. The van der Waals surface area contributed by atoms with Gasteiger partial charge in [-0.25, -0.2) is 0 Å². The van der Waals surface area contributed by atoms with Crippen LogP contribution in [0.2, 0.25) is 0 Å². The van der Waals surface area contributed by atoms with Crippen LogP contribution in [0.4, 0.5) is 5.69 Å². The van der Waals surface area contributed by atoms with Crippen molar-refractivity contribution in [1.82, 2.24) is 4.98 Å². The maximum Gasteiger partial charge on any atom is 0.0741 e. The summed E-state index contributed by atoms with van der Waals surface area (Å²) in [5.41, 5.74) is 7.96. The van der Waals surface area contributed by atoms with Crippen molar-refractivity contribution in [3.8, 4) is 0 Å². The zero-order valence-electron chi connectivity index (χ0n) is 11.2. The van der Waals surface area contributed by atoms with E-state index in [0.29, 0.717) is 12.5 Å². The third-order valence-electron chi connectivity index (χ3n) is 3.87. The van der Waals surface area contributed by atoms with Gasteiger partial charge in [0.15, 0.2) is 0 Å². The molecule has 3 atom stereocenters. The molecule has 18 heavy (non-hydrogen) atoms. The lowest BCUT2D eigenvalue weighted by atomic mass is 9.96. The summed E-state index contributed by atoms with van der Waals surface area (Å²) in [5, 5.41) is 9.91. The number of piperidine rings is 1. The highest BCUT2D eigenvalue weighted by atomic mass is 16.3. The Bertz CT molecular complexity index is 379. The minimum absolute atomic E-state index is 0.0195. The van der Waals surface area contributed by atoms with Crippen molar-refractivity contribution >= 4 is 5.69 Å². The molecule has 2 rings (SSSR count). The van der Waals surface area contributed by atoms with E-state index in [0.717, 1.165) is 30.8 Å². The Hall–Kier alpha value is -1.13. The maximum atomic E-state index is 9.91. The van der Waals surface area contributed by atoms with E-state index in [1.807, 2.05) is 12.3 Å². The van der Waals surface area contributed by atoms with E-state index in [2.05, 4.69) is 29.8 Å². The van der Waals surface area contributed by atoms with Gasteiger partial charge in [0, 0.05) is 19.1 Å². The average molecular weight is 249 g/mol. The van der Waals surface area contributed by atoms with Crippen LogP contribution in [0.5, 0.6) is 0 Å². The first-order valence-corrected chi connectivity index (χ1v) is 6.76. The Kier molecular flexibility index (Phi) is 4.19. The second-order valence-electron chi connectivity index (χ2n) is 5.24. The quantitative estimate of drug-likeness (QED) is 0.856. The number of aromatic nitrogens is 1. The highest BCUT2D eigenvalue weighted by molar-refractivity contribution is 5.45. The van der Waals surface area contributed by atoms with Crippen LogP contribution in [-0.4, -0.2) is 29.3 Å². The van der Waals surface area contributed by atoms with Crippen LogP contribution in [0.25, 0.3) is 0 Å². The molecular formula is C14H23N3O. The van der Waals surface area contributed by atoms with Gasteiger partial charge in [0.2, 0.25) is 0 Å². The molecule has 3 N–H and O–H groups in total. The third kappa shape index (κ3) is 2.82. The summed E-state index contributed by atoms with van der Waals surface area (Å²) >= 11 is 0. The molecule has 4 heteroatoms. The molecule has 3 unspecified atom stereocenters. The van der Waals surface area contributed by atoms with Crippen molar-refractivity contribution < 1.29 is 5.11 Å². The predicted molar refractivity (Wildman–Crippen MR) is 73.5 cm³/mol. The van der Waals surface area contributed by atoms with E-state index in [-0.39, 0.29) is 12.1 Å². The molecule has 1 aromatic heterocycles. The summed E-state index contributed by atoms with van der Waals surface area (Å²) in [4.78, 5) is 6.61. The van der Waals surface area contributed by atoms with Crippen molar-refractivity contribution in [3.63, 3.8) is 0 Å². The number of hydrogen-bond acceptors (Lipinski definition) is 4. The summed E-state index contributed by atoms with van der Waals surface area (Å²) in [5.74, 6) is 0.391. The molecular weight excluding hydrogens is 226 g/mol. The normalized spacial score (nSPS) is 26.1. The van der Waals surface area contributed by atoms with Gasteiger partial charge in [-0.15, -0.1) is 0 Å². The number of anilines is 1. The molecule has 1 aliphatic heterocycles. The highest BCUT2D eigenvalue weighted by Crippen LogP contribution is 2.23. The fraction of sp³-hybridized carbons (Fsp3) is 0.643. The Labute approximate surface area is 109 Å². The van der Waals surface area contributed by atoms with Crippen LogP contribution >= 0.6 is 0 Å². The standard InChI is InChI=1S/C14H23N3O/c1-3-12(15)13-5-4-11(8-16-13)17-7-6-10(2)14(18)9-17/h4-5,8,10,12,14,18H,3,6-7,9,15H2,1-2H3. The van der Waals surface area contributed by atoms with Crippen LogP contribution in [0, 0.1) is 5.92 Å². The Balaban J connectivity index is 2.06. The van der Waals surface area contributed by atoms with E-state index in [1.54, 1.807) is 0 Å². The second kappa shape index (κ2) is 5.67. The van der Waals surface area contributed by atoms with Crippen LogP contribution in [0.1, 0.15) is 38.4 Å². The molecule has 0 saturated carbocycles. The first-order valence-electron chi connectivity index (χ1n) is 6.76. The van der Waals surface area contributed by atoms with Gasteiger partial charge in [0.1, 0.15) is 0 Å². The van der Waals surface area contributed by atoms with Gasteiger partial charge < -0.3 is 15.7 Å².